The molecule has 0 aliphatic heterocycles. The Balaban J connectivity index is 2.16. The van der Waals surface area contributed by atoms with E-state index in [0.717, 1.165) is 30.8 Å². The van der Waals surface area contributed by atoms with E-state index in [2.05, 4.69) is 31.3 Å². The van der Waals surface area contributed by atoms with Crippen LogP contribution in [0.1, 0.15) is 25.8 Å². The third-order valence-electron chi connectivity index (χ3n) is 2.29. The average Bonchev–Trinajstić information content (AvgIpc) is 2.29. The lowest BCUT2D eigenvalue weighted by Gasteiger charge is -2.09. The van der Waals surface area contributed by atoms with Crippen molar-refractivity contribution in [1.82, 2.24) is 0 Å². The highest BCUT2D eigenvalue weighted by Crippen LogP contribution is 2.08. The van der Waals surface area contributed by atoms with E-state index in [4.69, 9.17) is 10.5 Å². The molecule has 0 atom stereocenters. The molecule has 0 radical (unpaired) electrons. The lowest BCUT2D eigenvalue weighted by Crippen LogP contribution is -2.09. The number of hydrogen-bond acceptors (Lipinski definition) is 3. The highest BCUT2D eigenvalue weighted by Gasteiger charge is 1.94. The zero-order valence-corrected chi connectivity index (χ0v) is 10.2. The molecule has 90 valence electrons. The lowest BCUT2D eigenvalue weighted by atomic mass is 10.2. The van der Waals surface area contributed by atoms with Gasteiger partial charge in [0.25, 0.3) is 0 Å². The number of anilines is 1. The smallest absolute Gasteiger partial charge is 0.0518 e. The van der Waals surface area contributed by atoms with Gasteiger partial charge in [-0.2, -0.15) is 0 Å². The minimum atomic E-state index is 0.323. The topological polar surface area (TPSA) is 47.3 Å². The van der Waals surface area contributed by atoms with Gasteiger partial charge in [0.05, 0.1) is 6.10 Å². The van der Waals surface area contributed by atoms with Crippen LogP contribution in [0.15, 0.2) is 24.3 Å². The van der Waals surface area contributed by atoms with Crippen molar-refractivity contribution in [3.05, 3.63) is 29.8 Å². The van der Waals surface area contributed by atoms with Gasteiger partial charge in [0.2, 0.25) is 0 Å². The van der Waals surface area contributed by atoms with Crippen molar-refractivity contribution >= 4 is 5.69 Å². The quantitative estimate of drug-likeness (QED) is 0.696. The normalized spacial score (nSPS) is 10.8. The molecule has 1 aromatic rings. The molecule has 3 nitrogen and oxygen atoms in total. The third-order valence-corrected chi connectivity index (χ3v) is 2.29. The summed E-state index contributed by atoms with van der Waals surface area (Å²) in [7, 11) is 0. The molecule has 0 fully saturated rings. The molecule has 0 unspecified atom stereocenters. The van der Waals surface area contributed by atoms with E-state index >= 15 is 0 Å². The molecule has 3 heteroatoms. The molecule has 1 rings (SSSR count). The van der Waals surface area contributed by atoms with Crippen LogP contribution in [0, 0.1) is 0 Å². The summed E-state index contributed by atoms with van der Waals surface area (Å²) in [5.74, 6) is 0. The van der Waals surface area contributed by atoms with Crippen molar-refractivity contribution < 1.29 is 4.74 Å². The van der Waals surface area contributed by atoms with Crippen LogP contribution in [-0.2, 0) is 11.3 Å². The van der Waals surface area contributed by atoms with Gasteiger partial charge < -0.3 is 15.8 Å². The highest BCUT2D eigenvalue weighted by molar-refractivity contribution is 5.44. The fourth-order valence-electron chi connectivity index (χ4n) is 1.38. The van der Waals surface area contributed by atoms with Gasteiger partial charge in [-0.1, -0.05) is 12.1 Å². The van der Waals surface area contributed by atoms with Crippen LogP contribution >= 0.6 is 0 Å². The summed E-state index contributed by atoms with van der Waals surface area (Å²) in [4.78, 5) is 0. The van der Waals surface area contributed by atoms with Crippen LogP contribution in [0.4, 0.5) is 5.69 Å². The summed E-state index contributed by atoms with van der Waals surface area (Å²) >= 11 is 0. The van der Waals surface area contributed by atoms with Gasteiger partial charge in [0.15, 0.2) is 0 Å². The van der Waals surface area contributed by atoms with Crippen molar-refractivity contribution in [2.75, 3.05) is 18.5 Å². The molecule has 0 bridgehead atoms. The van der Waals surface area contributed by atoms with Gasteiger partial charge in [0.1, 0.15) is 0 Å². The first-order chi connectivity index (χ1) is 7.72. The first-order valence-electron chi connectivity index (χ1n) is 5.87. The Labute approximate surface area is 98.0 Å². The maximum Gasteiger partial charge on any atom is 0.0518 e. The van der Waals surface area contributed by atoms with Crippen LogP contribution in [0.5, 0.6) is 0 Å². The molecular weight excluding hydrogens is 200 g/mol. The van der Waals surface area contributed by atoms with Crippen molar-refractivity contribution in [2.45, 2.75) is 32.9 Å². The SMILES string of the molecule is CC(C)OCCCNc1ccc(CN)cc1. The number of rotatable bonds is 7. The molecule has 3 N–H and O–H groups in total. The van der Waals surface area contributed by atoms with Crippen LogP contribution < -0.4 is 11.1 Å². The van der Waals surface area contributed by atoms with Crippen molar-refractivity contribution in [1.29, 1.82) is 0 Å². The average molecular weight is 222 g/mol. The monoisotopic (exact) mass is 222 g/mol. The van der Waals surface area contributed by atoms with Gasteiger partial charge in [0, 0.05) is 25.4 Å². The van der Waals surface area contributed by atoms with Crippen molar-refractivity contribution in [3.63, 3.8) is 0 Å². The largest absolute Gasteiger partial charge is 0.385 e. The van der Waals surface area contributed by atoms with E-state index in [0.29, 0.717) is 12.6 Å². The summed E-state index contributed by atoms with van der Waals surface area (Å²) in [6, 6.07) is 8.22. The Hall–Kier alpha value is -1.06. The Kier molecular flexibility index (Phi) is 5.90. The molecule has 0 amide bonds. The van der Waals surface area contributed by atoms with E-state index < -0.39 is 0 Å². The zero-order valence-electron chi connectivity index (χ0n) is 10.2. The van der Waals surface area contributed by atoms with Gasteiger partial charge in [-0.3, -0.25) is 0 Å². The second kappa shape index (κ2) is 7.25. The third kappa shape index (κ3) is 5.14. The van der Waals surface area contributed by atoms with Gasteiger partial charge in [-0.05, 0) is 38.0 Å². The molecule has 0 aliphatic rings. The predicted octanol–water partition coefficient (Wildman–Crippen LogP) is 2.37. The van der Waals surface area contributed by atoms with Crippen LogP contribution in [0.2, 0.25) is 0 Å². The minimum Gasteiger partial charge on any atom is -0.385 e. The number of hydrogen-bond donors (Lipinski definition) is 2. The lowest BCUT2D eigenvalue weighted by molar-refractivity contribution is 0.0787. The van der Waals surface area contributed by atoms with E-state index in [-0.39, 0.29) is 0 Å². The maximum absolute atomic E-state index is 5.53. The zero-order chi connectivity index (χ0) is 11.8. The first-order valence-corrected chi connectivity index (χ1v) is 5.87. The summed E-state index contributed by atoms with van der Waals surface area (Å²) in [5.41, 5.74) is 7.83. The van der Waals surface area contributed by atoms with Crippen molar-refractivity contribution in [2.24, 2.45) is 5.73 Å². The van der Waals surface area contributed by atoms with Crippen molar-refractivity contribution in [3.8, 4) is 0 Å². The van der Waals surface area contributed by atoms with Crippen LogP contribution in [0.3, 0.4) is 0 Å². The highest BCUT2D eigenvalue weighted by atomic mass is 16.5. The molecule has 16 heavy (non-hydrogen) atoms. The molecule has 0 aromatic heterocycles. The Morgan fingerprint density at radius 3 is 2.50 bits per heavy atom. The summed E-state index contributed by atoms with van der Waals surface area (Å²) in [6.45, 7) is 6.46. The van der Waals surface area contributed by atoms with E-state index in [1.165, 1.54) is 0 Å². The first kappa shape index (κ1) is 13.0. The summed E-state index contributed by atoms with van der Waals surface area (Å²) < 4.78 is 5.46. The Morgan fingerprint density at radius 2 is 1.94 bits per heavy atom. The molecule has 0 saturated heterocycles. The number of nitrogens with two attached hydrogens (primary N) is 1. The van der Waals surface area contributed by atoms with E-state index in [1.807, 2.05) is 12.1 Å². The molecule has 0 aliphatic carbocycles. The van der Waals surface area contributed by atoms with Gasteiger partial charge >= 0.3 is 0 Å². The van der Waals surface area contributed by atoms with E-state index in [9.17, 15) is 0 Å². The molecular formula is C13H22N2O. The number of nitrogens with one attached hydrogen (secondary N) is 1. The van der Waals surface area contributed by atoms with Crippen LogP contribution in [-0.4, -0.2) is 19.3 Å². The molecule has 0 saturated carbocycles. The molecule has 0 spiro atoms. The van der Waals surface area contributed by atoms with Crippen LogP contribution in [0.25, 0.3) is 0 Å². The second-order valence-electron chi connectivity index (χ2n) is 4.10. The Bertz CT molecular complexity index is 282. The van der Waals surface area contributed by atoms with E-state index in [1.54, 1.807) is 0 Å². The molecule has 1 aromatic carbocycles. The van der Waals surface area contributed by atoms with Gasteiger partial charge in [-0.25, -0.2) is 0 Å². The predicted molar refractivity (Wildman–Crippen MR) is 68.5 cm³/mol. The summed E-state index contributed by atoms with van der Waals surface area (Å²) in [6.07, 6.45) is 1.35. The maximum atomic E-state index is 5.53. The number of benzene rings is 1. The standard InChI is InChI=1S/C13H22N2O/c1-11(2)16-9-3-8-15-13-6-4-12(10-14)5-7-13/h4-7,11,15H,3,8-10,14H2,1-2H3. The van der Waals surface area contributed by atoms with Gasteiger partial charge in [-0.15, -0.1) is 0 Å². The number of ether oxygens (including phenoxy) is 1. The summed E-state index contributed by atoms with van der Waals surface area (Å²) in [5, 5.41) is 3.35. The molecule has 0 heterocycles. The minimum absolute atomic E-state index is 0.323. The Morgan fingerprint density at radius 1 is 1.25 bits per heavy atom. The second-order valence-corrected chi connectivity index (χ2v) is 4.10. The fourth-order valence-corrected chi connectivity index (χ4v) is 1.38. The fraction of sp³-hybridized carbons (Fsp3) is 0.538.